The normalized spacial score (nSPS) is 12.4. The Kier molecular flexibility index (Phi) is 8.70. The van der Waals surface area contributed by atoms with E-state index in [0.29, 0.717) is 6.42 Å². The largest absolute Gasteiger partial charge is 0.496 e. The maximum atomic E-state index is 13.0. The molecule has 0 amide bonds. The van der Waals surface area contributed by atoms with E-state index in [1.54, 1.807) is 38.3 Å². The van der Waals surface area contributed by atoms with Crippen LogP contribution in [0.1, 0.15) is 43.7 Å². The average Bonchev–Trinajstić information content (AvgIpc) is 2.71. The molecule has 158 valence electrons. The maximum Gasteiger partial charge on any atom is 0.324 e. The SMILES string of the molecule is CCOC(=O)C(CCCCCc1ccccc1OC)S(=O)(=O)c1ccc(C)cc1. The van der Waals surface area contributed by atoms with Crippen molar-refractivity contribution >= 4 is 15.8 Å². The van der Waals surface area contributed by atoms with E-state index in [-0.39, 0.29) is 17.9 Å². The lowest BCUT2D eigenvalue weighted by atomic mass is 10.0. The molecule has 2 aromatic carbocycles. The Labute approximate surface area is 174 Å². The molecule has 0 fully saturated rings. The number of benzene rings is 2. The van der Waals surface area contributed by atoms with Crippen LogP contribution in [0, 0.1) is 6.92 Å². The number of unbranched alkanes of at least 4 members (excludes halogenated alkanes) is 2. The molecule has 0 aliphatic rings. The Morgan fingerprint density at radius 3 is 2.34 bits per heavy atom. The van der Waals surface area contributed by atoms with Crippen LogP contribution in [0.3, 0.4) is 0 Å². The molecule has 2 aromatic rings. The van der Waals surface area contributed by atoms with E-state index in [1.807, 2.05) is 31.2 Å². The smallest absolute Gasteiger partial charge is 0.324 e. The molecule has 1 unspecified atom stereocenters. The summed E-state index contributed by atoms with van der Waals surface area (Å²) in [7, 11) is -2.13. The molecule has 0 aromatic heterocycles. The van der Waals surface area contributed by atoms with Gasteiger partial charge in [0, 0.05) is 0 Å². The van der Waals surface area contributed by atoms with Crippen LogP contribution in [0.15, 0.2) is 53.4 Å². The molecule has 0 bridgehead atoms. The fourth-order valence-corrected chi connectivity index (χ4v) is 4.90. The van der Waals surface area contributed by atoms with Gasteiger partial charge in [0.15, 0.2) is 15.1 Å². The van der Waals surface area contributed by atoms with Crippen molar-refractivity contribution in [3.8, 4) is 5.75 Å². The van der Waals surface area contributed by atoms with Crippen molar-refractivity contribution in [2.75, 3.05) is 13.7 Å². The minimum Gasteiger partial charge on any atom is -0.496 e. The molecule has 5 nitrogen and oxygen atoms in total. The lowest BCUT2D eigenvalue weighted by molar-refractivity contribution is -0.142. The van der Waals surface area contributed by atoms with Crippen LogP contribution in [0.25, 0.3) is 0 Å². The number of hydrogen-bond donors (Lipinski definition) is 0. The summed E-state index contributed by atoms with van der Waals surface area (Å²) in [6, 6.07) is 14.5. The number of hydrogen-bond acceptors (Lipinski definition) is 5. The number of sulfone groups is 1. The Balaban J connectivity index is 2.00. The summed E-state index contributed by atoms with van der Waals surface area (Å²) in [5.74, 6) is 0.191. The number of rotatable bonds is 11. The third kappa shape index (κ3) is 6.32. The number of methoxy groups -OCH3 is 1. The number of aryl methyl sites for hydroxylation is 2. The van der Waals surface area contributed by atoms with Crippen molar-refractivity contribution in [2.45, 2.75) is 56.1 Å². The van der Waals surface area contributed by atoms with Gasteiger partial charge in [-0.1, -0.05) is 48.7 Å². The van der Waals surface area contributed by atoms with E-state index in [1.165, 1.54) is 0 Å². The molecular formula is C23H30O5S. The summed E-state index contributed by atoms with van der Waals surface area (Å²) < 4.78 is 36.4. The van der Waals surface area contributed by atoms with Gasteiger partial charge in [0.25, 0.3) is 0 Å². The Morgan fingerprint density at radius 1 is 1.00 bits per heavy atom. The standard InChI is InChI=1S/C23H30O5S/c1-4-28-23(24)22(29(25,26)20-16-14-18(2)15-17-20)13-7-5-6-10-19-11-8-9-12-21(19)27-3/h8-9,11-12,14-17,22H,4-7,10,13H2,1-3H3. The van der Waals surface area contributed by atoms with Crippen LogP contribution in [0.5, 0.6) is 5.75 Å². The van der Waals surface area contributed by atoms with Gasteiger partial charge in [-0.15, -0.1) is 0 Å². The van der Waals surface area contributed by atoms with E-state index in [4.69, 9.17) is 9.47 Å². The molecule has 0 saturated heterocycles. The summed E-state index contributed by atoms with van der Waals surface area (Å²) >= 11 is 0. The van der Waals surface area contributed by atoms with Crippen LogP contribution in [0.2, 0.25) is 0 Å². The molecule has 0 N–H and O–H groups in total. The molecule has 0 aliphatic heterocycles. The highest BCUT2D eigenvalue weighted by Gasteiger charge is 2.34. The van der Waals surface area contributed by atoms with Gasteiger partial charge >= 0.3 is 5.97 Å². The van der Waals surface area contributed by atoms with Crippen LogP contribution >= 0.6 is 0 Å². The van der Waals surface area contributed by atoms with Crippen molar-refractivity contribution < 1.29 is 22.7 Å². The van der Waals surface area contributed by atoms with Crippen molar-refractivity contribution in [1.29, 1.82) is 0 Å². The lowest BCUT2D eigenvalue weighted by Gasteiger charge is -2.16. The van der Waals surface area contributed by atoms with E-state index in [9.17, 15) is 13.2 Å². The van der Waals surface area contributed by atoms with E-state index in [0.717, 1.165) is 36.1 Å². The van der Waals surface area contributed by atoms with Gasteiger partial charge in [0.2, 0.25) is 0 Å². The van der Waals surface area contributed by atoms with Crippen molar-refractivity contribution in [3.05, 3.63) is 59.7 Å². The zero-order chi connectivity index (χ0) is 21.3. The number of esters is 1. The first kappa shape index (κ1) is 22.9. The van der Waals surface area contributed by atoms with Crippen LogP contribution in [-0.2, 0) is 25.8 Å². The number of ether oxygens (including phenoxy) is 2. The lowest BCUT2D eigenvalue weighted by Crippen LogP contribution is -2.32. The molecule has 0 radical (unpaired) electrons. The number of carbonyl (C=O) groups is 1. The fourth-order valence-electron chi connectivity index (χ4n) is 3.26. The summed E-state index contributed by atoms with van der Waals surface area (Å²) in [5, 5.41) is -1.17. The van der Waals surface area contributed by atoms with Crippen molar-refractivity contribution in [2.24, 2.45) is 0 Å². The van der Waals surface area contributed by atoms with Gasteiger partial charge in [-0.05, 0) is 56.9 Å². The van der Waals surface area contributed by atoms with Gasteiger partial charge in [0.1, 0.15) is 5.75 Å². The van der Waals surface area contributed by atoms with Crippen LogP contribution in [0.4, 0.5) is 0 Å². The van der Waals surface area contributed by atoms with Gasteiger partial charge in [-0.25, -0.2) is 8.42 Å². The minimum absolute atomic E-state index is 0.159. The zero-order valence-electron chi connectivity index (χ0n) is 17.4. The van der Waals surface area contributed by atoms with Gasteiger partial charge < -0.3 is 9.47 Å². The van der Waals surface area contributed by atoms with Crippen molar-refractivity contribution in [1.82, 2.24) is 0 Å². The first-order valence-electron chi connectivity index (χ1n) is 9.99. The first-order chi connectivity index (χ1) is 13.9. The number of carbonyl (C=O) groups excluding carboxylic acids is 1. The topological polar surface area (TPSA) is 69.7 Å². The molecule has 0 saturated carbocycles. The predicted octanol–water partition coefficient (Wildman–Crippen LogP) is 4.51. The zero-order valence-corrected chi connectivity index (χ0v) is 18.2. The van der Waals surface area contributed by atoms with E-state index >= 15 is 0 Å². The first-order valence-corrected chi connectivity index (χ1v) is 11.5. The average molecular weight is 419 g/mol. The highest BCUT2D eigenvalue weighted by atomic mass is 32.2. The van der Waals surface area contributed by atoms with Crippen LogP contribution in [-0.4, -0.2) is 33.4 Å². The summed E-state index contributed by atoms with van der Waals surface area (Å²) in [5.41, 5.74) is 2.09. The fraction of sp³-hybridized carbons (Fsp3) is 0.435. The predicted molar refractivity (Wildman–Crippen MR) is 114 cm³/mol. The molecule has 29 heavy (non-hydrogen) atoms. The molecule has 1 atom stereocenters. The molecule has 2 rings (SSSR count). The van der Waals surface area contributed by atoms with Crippen LogP contribution < -0.4 is 4.74 Å². The molecule has 6 heteroatoms. The third-order valence-electron chi connectivity index (χ3n) is 4.88. The second-order valence-corrected chi connectivity index (χ2v) is 9.14. The summed E-state index contributed by atoms with van der Waals surface area (Å²) in [6.07, 6.45) is 3.43. The van der Waals surface area contributed by atoms with Gasteiger partial charge in [-0.2, -0.15) is 0 Å². The Hall–Kier alpha value is -2.34. The third-order valence-corrected chi connectivity index (χ3v) is 6.99. The second-order valence-electron chi connectivity index (χ2n) is 7.01. The number of para-hydroxylation sites is 1. The molecule has 0 spiro atoms. The quantitative estimate of drug-likeness (QED) is 0.397. The molecule has 0 aliphatic carbocycles. The summed E-state index contributed by atoms with van der Waals surface area (Å²) in [6.45, 7) is 3.73. The van der Waals surface area contributed by atoms with Gasteiger partial charge in [-0.3, -0.25) is 4.79 Å². The van der Waals surface area contributed by atoms with Crippen molar-refractivity contribution in [3.63, 3.8) is 0 Å². The van der Waals surface area contributed by atoms with Gasteiger partial charge in [0.05, 0.1) is 18.6 Å². The highest BCUT2D eigenvalue weighted by molar-refractivity contribution is 7.92. The minimum atomic E-state index is -3.78. The summed E-state index contributed by atoms with van der Waals surface area (Å²) in [4.78, 5) is 12.5. The molecule has 0 heterocycles. The highest BCUT2D eigenvalue weighted by Crippen LogP contribution is 2.24. The van der Waals surface area contributed by atoms with E-state index < -0.39 is 21.1 Å². The second kappa shape index (κ2) is 11.0. The Bertz CT molecular complexity index is 888. The maximum absolute atomic E-state index is 13.0. The van der Waals surface area contributed by atoms with E-state index in [2.05, 4.69) is 0 Å². The Morgan fingerprint density at radius 2 is 1.69 bits per heavy atom. The molecular weight excluding hydrogens is 388 g/mol. The monoisotopic (exact) mass is 418 g/mol.